The predicted octanol–water partition coefficient (Wildman–Crippen LogP) is 4.10. The van der Waals surface area contributed by atoms with Crippen LogP contribution in [0.1, 0.15) is 17.2 Å². The van der Waals surface area contributed by atoms with Gasteiger partial charge in [0.25, 0.3) is 0 Å². The highest BCUT2D eigenvalue weighted by Gasteiger charge is 2.13. The van der Waals surface area contributed by atoms with Gasteiger partial charge in [0.15, 0.2) is 0 Å². The van der Waals surface area contributed by atoms with E-state index >= 15 is 0 Å². The molecule has 0 spiro atoms. The molecule has 0 aromatic heterocycles. The second-order valence-corrected chi connectivity index (χ2v) is 5.38. The molecule has 0 amide bonds. The van der Waals surface area contributed by atoms with E-state index in [0.717, 1.165) is 10.0 Å². The van der Waals surface area contributed by atoms with E-state index in [4.69, 9.17) is 0 Å². The molecule has 2 aromatic rings. The zero-order chi connectivity index (χ0) is 13.7. The summed E-state index contributed by atoms with van der Waals surface area (Å²) in [7, 11) is 4.09. The van der Waals surface area contributed by atoms with Crippen molar-refractivity contribution in [3.63, 3.8) is 0 Å². The van der Waals surface area contributed by atoms with Crippen molar-refractivity contribution in [2.45, 2.75) is 6.04 Å². The molecule has 2 rings (SSSR count). The maximum atomic E-state index is 3.60. The fourth-order valence-corrected chi connectivity index (χ4v) is 2.36. The van der Waals surface area contributed by atoms with Crippen molar-refractivity contribution in [1.29, 1.82) is 0 Å². The van der Waals surface area contributed by atoms with E-state index in [-0.39, 0.29) is 6.04 Å². The van der Waals surface area contributed by atoms with Crippen molar-refractivity contribution < 1.29 is 0 Å². The molecule has 1 unspecified atom stereocenters. The van der Waals surface area contributed by atoms with E-state index in [2.05, 4.69) is 44.8 Å². The second kappa shape index (κ2) is 6.56. The summed E-state index contributed by atoms with van der Waals surface area (Å²) >= 11 is 3.60. The molecule has 0 radical (unpaired) electrons. The van der Waals surface area contributed by atoms with Crippen LogP contribution in [-0.2, 0) is 0 Å². The van der Waals surface area contributed by atoms with Gasteiger partial charge in [-0.1, -0.05) is 64.2 Å². The lowest BCUT2D eigenvalue weighted by Gasteiger charge is -2.20. The van der Waals surface area contributed by atoms with Crippen LogP contribution in [0.4, 0.5) is 0 Å². The van der Waals surface area contributed by atoms with E-state index < -0.39 is 0 Å². The third-order valence-electron chi connectivity index (χ3n) is 2.84. The fraction of sp³-hybridized carbons (Fsp3) is 0.176. The molecule has 0 aliphatic carbocycles. The van der Waals surface area contributed by atoms with Crippen molar-refractivity contribution in [2.24, 2.45) is 0 Å². The van der Waals surface area contributed by atoms with Gasteiger partial charge >= 0.3 is 0 Å². The Hall–Kier alpha value is -1.56. The largest absolute Gasteiger partial charge is 0.292 e. The molecule has 0 bridgehead atoms. The number of hydrogen-bond acceptors (Lipinski definition) is 1. The number of halogens is 1. The Morgan fingerprint density at radius 3 is 2.21 bits per heavy atom. The van der Waals surface area contributed by atoms with Gasteiger partial charge in [-0.05, 0) is 37.9 Å². The first-order chi connectivity index (χ1) is 9.18. The molecule has 0 fully saturated rings. The van der Waals surface area contributed by atoms with Gasteiger partial charge in [0.2, 0.25) is 0 Å². The summed E-state index contributed by atoms with van der Waals surface area (Å²) in [5.41, 5.74) is 2.23. The number of hydrogen-bond donors (Lipinski definition) is 0. The molecule has 0 N–H and O–H groups in total. The fourth-order valence-electron chi connectivity index (χ4n) is 1.86. The Bertz CT molecular complexity index is 593. The van der Waals surface area contributed by atoms with Crippen molar-refractivity contribution in [1.82, 2.24) is 4.90 Å². The third kappa shape index (κ3) is 3.70. The Kier molecular flexibility index (Phi) is 4.79. The lowest BCUT2D eigenvalue weighted by Crippen LogP contribution is -2.18. The first kappa shape index (κ1) is 13.9. The van der Waals surface area contributed by atoms with Crippen LogP contribution in [0.2, 0.25) is 0 Å². The van der Waals surface area contributed by atoms with Gasteiger partial charge in [-0.3, -0.25) is 4.90 Å². The second-order valence-electron chi connectivity index (χ2n) is 4.52. The smallest absolute Gasteiger partial charge is 0.0980 e. The molecule has 19 heavy (non-hydrogen) atoms. The predicted molar refractivity (Wildman–Crippen MR) is 83.9 cm³/mol. The van der Waals surface area contributed by atoms with Crippen LogP contribution in [0.25, 0.3) is 0 Å². The molecule has 0 saturated heterocycles. The normalized spacial score (nSPS) is 11.8. The van der Waals surface area contributed by atoms with Crippen LogP contribution >= 0.6 is 15.9 Å². The summed E-state index contributed by atoms with van der Waals surface area (Å²) in [5, 5.41) is 0. The highest BCUT2D eigenvalue weighted by atomic mass is 79.9. The first-order valence-electron chi connectivity index (χ1n) is 6.16. The highest BCUT2D eigenvalue weighted by molar-refractivity contribution is 9.10. The van der Waals surface area contributed by atoms with Gasteiger partial charge in [0.1, 0.15) is 0 Å². The van der Waals surface area contributed by atoms with Gasteiger partial charge in [0, 0.05) is 10.0 Å². The Balaban J connectivity index is 2.33. The summed E-state index contributed by atoms with van der Waals surface area (Å²) < 4.78 is 1.09. The molecule has 0 saturated carbocycles. The van der Waals surface area contributed by atoms with Gasteiger partial charge in [0.05, 0.1) is 6.04 Å². The molecule has 0 aliphatic heterocycles. The van der Waals surface area contributed by atoms with Crippen molar-refractivity contribution >= 4 is 15.9 Å². The number of benzene rings is 2. The van der Waals surface area contributed by atoms with Crippen molar-refractivity contribution in [3.05, 3.63) is 70.2 Å². The quantitative estimate of drug-likeness (QED) is 0.754. The Morgan fingerprint density at radius 1 is 0.947 bits per heavy atom. The van der Waals surface area contributed by atoms with E-state index in [9.17, 15) is 0 Å². The molecule has 0 heterocycles. The molecule has 1 atom stereocenters. The summed E-state index contributed by atoms with van der Waals surface area (Å²) in [5.74, 6) is 6.58. The van der Waals surface area contributed by atoms with E-state index in [1.165, 1.54) is 5.56 Å². The van der Waals surface area contributed by atoms with Gasteiger partial charge < -0.3 is 0 Å². The minimum Gasteiger partial charge on any atom is -0.292 e. The van der Waals surface area contributed by atoms with Crippen LogP contribution in [0.3, 0.4) is 0 Å². The standard InChI is InChI=1S/C17H16BrN/c1-19(2)17(15-10-6-7-11-16(15)18)13-12-14-8-4-3-5-9-14/h3-11,17H,1-2H3. The zero-order valence-corrected chi connectivity index (χ0v) is 12.7. The molecule has 1 nitrogen and oxygen atoms in total. The van der Waals surface area contributed by atoms with Crippen LogP contribution in [0, 0.1) is 11.8 Å². The van der Waals surface area contributed by atoms with Crippen LogP contribution < -0.4 is 0 Å². The summed E-state index contributed by atoms with van der Waals surface area (Å²) in [6.07, 6.45) is 0. The number of nitrogens with zero attached hydrogens (tertiary/aromatic N) is 1. The summed E-state index contributed by atoms with van der Waals surface area (Å²) in [4.78, 5) is 2.12. The molecule has 2 aromatic carbocycles. The van der Waals surface area contributed by atoms with Crippen LogP contribution in [0.5, 0.6) is 0 Å². The summed E-state index contributed by atoms with van der Waals surface area (Å²) in [6, 6.07) is 18.4. The monoisotopic (exact) mass is 313 g/mol. The molecular formula is C17H16BrN. The molecular weight excluding hydrogens is 298 g/mol. The highest BCUT2D eigenvalue weighted by Crippen LogP contribution is 2.25. The van der Waals surface area contributed by atoms with E-state index in [1.807, 2.05) is 56.6 Å². The third-order valence-corrected chi connectivity index (χ3v) is 3.57. The van der Waals surface area contributed by atoms with Crippen molar-refractivity contribution in [3.8, 4) is 11.8 Å². The maximum Gasteiger partial charge on any atom is 0.0980 e. The Labute approximate surface area is 123 Å². The van der Waals surface area contributed by atoms with E-state index in [0.29, 0.717) is 0 Å². The van der Waals surface area contributed by atoms with Crippen LogP contribution in [-0.4, -0.2) is 19.0 Å². The molecule has 2 heteroatoms. The lowest BCUT2D eigenvalue weighted by molar-refractivity contribution is 0.360. The van der Waals surface area contributed by atoms with Gasteiger partial charge in [-0.15, -0.1) is 0 Å². The minimum absolute atomic E-state index is 0.0794. The van der Waals surface area contributed by atoms with E-state index in [1.54, 1.807) is 0 Å². The molecule has 0 aliphatic rings. The van der Waals surface area contributed by atoms with Gasteiger partial charge in [-0.25, -0.2) is 0 Å². The topological polar surface area (TPSA) is 3.24 Å². The maximum absolute atomic E-state index is 3.60. The number of rotatable bonds is 2. The van der Waals surface area contributed by atoms with Crippen LogP contribution in [0.15, 0.2) is 59.1 Å². The average molecular weight is 314 g/mol. The first-order valence-corrected chi connectivity index (χ1v) is 6.95. The Morgan fingerprint density at radius 2 is 1.58 bits per heavy atom. The molecule has 96 valence electrons. The van der Waals surface area contributed by atoms with Gasteiger partial charge in [-0.2, -0.15) is 0 Å². The lowest BCUT2D eigenvalue weighted by atomic mass is 10.1. The minimum atomic E-state index is 0.0794. The van der Waals surface area contributed by atoms with Crippen molar-refractivity contribution in [2.75, 3.05) is 14.1 Å². The average Bonchev–Trinajstić information content (AvgIpc) is 2.42. The summed E-state index contributed by atoms with van der Waals surface area (Å²) in [6.45, 7) is 0. The zero-order valence-electron chi connectivity index (χ0n) is 11.1. The SMILES string of the molecule is CN(C)C(C#Cc1ccccc1)c1ccccc1Br.